The van der Waals surface area contributed by atoms with Crippen molar-refractivity contribution in [1.29, 1.82) is 0 Å². The molecule has 1 aliphatic carbocycles. The highest BCUT2D eigenvalue weighted by Gasteiger charge is 2.77. The van der Waals surface area contributed by atoms with Gasteiger partial charge >= 0.3 is 5.97 Å². The zero-order valence-corrected chi connectivity index (χ0v) is 32.1. The minimum atomic E-state index is -1.58. The van der Waals surface area contributed by atoms with Crippen LogP contribution in [0.4, 0.5) is 0 Å². The summed E-state index contributed by atoms with van der Waals surface area (Å²) in [6.07, 6.45) is -0.198. The van der Waals surface area contributed by atoms with Crippen LogP contribution in [0.15, 0.2) is 122 Å². The van der Waals surface area contributed by atoms with Gasteiger partial charge in [0.1, 0.15) is 42.5 Å². The monoisotopic (exact) mass is 789 g/mol. The lowest BCUT2D eigenvalue weighted by atomic mass is 9.62. The lowest BCUT2D eigenvalue weighted by molar-refractivity contribution is -0.214. The van der Waals surface area contributed by atoms with Crippen molar-refractivity contribution in [3.63, 3.8) is 0 Å². The average molecular weight is 790 g/mol. The van der Waals surface area contributed by atoms with Crippen molar-refractivity contribution in [2.75, 3.05) is 33.4 Å². The highest BCUT2D eigenvalue weighted by Crippen LogP contribution is 2.59. The number of carbonyl (C=O) groups excluding carboxylic acids is 3. The van der Waals surface area contributed by atoms with Crippen LogP contribution in [0.2, 0.25) is 0 Å². The van der Waals surface area contributed by atoms with Crippen molar-refractivity contribution >= 4 is 23.9 Å². The number of esters is 1. The van der Waals surface area contributed by atoms with Gasteiger partial charge in [0.05, 0.1) is 26.0 Å². The van der Waals surface area contributed by atoms with Gasteiger partial charge < -0.3 is 39.4 Å². The zero-order chi connectivity index (χ0) is 40.3. The maximum atomic E-state index is 15.6. The summed E-state index contributed by atoms with van der Waals surface area (Å²) in [6, 6.07) is 33.7. The van der Waals surface area contributed by atoms with Gasteiger partial charge in [-0.3, -0.25) is 19.2 Å². The standard InChI is InChI=1S/C45H47N3O10/c1-47(35(41(51)46-22-23-49)27-30-13-5-2-6-14-30)43(53)44-28-36-37-38(57-45(56-37,33-17-7-3-8-18-33)34-19-9-4-10-20-34)40(44)58-48(39(44)42(52)55-36)29-32-16-12-11-15-31(32)21-25-54-26-24-50/h2-21,25,35-40,49-50H,22-24,26-29H2,1H3,(H,46,51)/t35-,36-,37+,38+,39+,40-,44+/m1/s1. The van der Waals surface area contributed by atoms with E-state index in [1.165, 1.54) is 16.2 Å². The number of aliphatic hydroxyl groups is 2. The Labute approximate surface area is 336 Å². The van der Waals surface area contributed by atoms with E-state index in [0.29, 0.717) is 11.1 Å². The molecule has 58 heavy (non-hydrogen) atoms. The summed E-state index contributed by atoms with van der Waals surface area (Å²) in [7, 11) is 1.57. The Morgan fingerprint density at radius 3 is 2.21 bits per heavy atom. The van der Waals surface area contributed by atoms with Gasteiger partial charge in [-0.05, 0) is 22.8 Å². The smallest absolute Gasteiger partial charge is 0.327 e. The van der Waals surface area contributed by atoms with Crippen molar-refractivity contribution < 1.29 is 48.4 Å². The summed E-state index contributed by atoms with van der Waals surface area (Å²) in [5.41, 5.74) is 2.21. The molecule has 4 fully saturated rings. The first-order chi connectivity index (χ1) is 28.3. The molecule has 302 valence electrons. The molecule has 4 aromatic carbocycles. The summed E-state index contributed by atoms with van der Waals surface area (Å²) in [4.78, 5) is 52.4. The highest BCUT2D eigenvalue weighted by molar-refractivity contribution is 5.96. The number of likely N-dealkylation sites (N-methyl/N-ethyl adjacent to an activating group) is 1. The normalized spacial score (nSPS) is 26.1. The van der Waals surface area contributed by atoms with Gasteiger partial charge in [-0.25, -0.2) is 0 Å². The molecule has 13 nitrogen and oxygen atoms in total. The highest BCUT2D eigenvalue weighted by atomic mass is 16.8. The van der Waals surface area contributed by atoms with Crippen LogP contribution in [-0.2, 0) is 56.9 Å². The van der Waals surface area contributed by atoms with Gasteiger partial charge in [0.15, 0.2) is 6.04 Å². The van der Waals surface area contributed by atoms with Crippen LogP contribution in [0, 0.1) is 5.41 Å². The van der Waals surface area contributed by atoms with Crippen molar-refractivity contribution in [1.82, 2.24) is 15.3 Å². The number of benzene rings is 4. The minimum Gasteiger partial charge on any atom is -0.499 e. The first kappa shape index (κ1) is 39.4. The van der Waals surface area contributed by atoms with E-state index < -0.39 is 65.5 Å². The van der Waals surface area contributed by atoms with Gasteiger partial charge in [-0.1, -0.05) is 115 Å². The van der Waals surface area contributed by atoms with E-state index in [9.17, 15) is 19.8 Å². The molecule has 3 aliphatic heterocycles. The SMILES string of the molecule is CN(C(=O)[C@@]12C[C@H]3OC(=O)[C@@H]1N(Cc1ccccc1C=COCCO)O[C@@H]2[C@H]1OC(c2ccccc2)(c2ccccc2)O[C@H]13)[C@H](Cc1ccccc1)C(=O)NCCO. The molecule has 0 spiro atoms. The first-order valence-electron chi connectivity index (χ1n) is 19.6. The number of hydrogen-bond donors (Lipinski definition) is 3. The number of fused-ring (bicyclic) bond motifs is 4. The van der Waals surface area contributed by atoms with Gasteiger partial charge in [0, 0.05) is 37.6 Å². The molecule has 13 heteroatoms. The molecule has 8 rings (SSSR count). The molecule has 2 bridgehead atoms. The first-order valence-corrected chi connectivity index (χ1v) is 19.6. The van der Waals surface area contributed by atoms with Crippen LogP contribution in [0.1, 0.15) is 34.2 Å². The molecule has 7 atom stereocenters. The number of nitrogens with zero attached hydrogens (tertiary/aromatic N) is 2. The minimum absolute atomic E-state index is 0.00270. The molecule has 3 saturated heterocycles. The Balaban J connectivity index is 1.23. The van der Waals surface area contributed by atoms with Crippen LogP contribution in [0.5, 0.6) is 0 Å². The second-order valence-corrected chi connectivity index (χ2v) is 15.0. The van der Waals surface area contributed by atoms with Gasteiger partial charge in [0.25, 0.3) is 0 Å². The van der Waals surface area contributed by atoms with E-state index in [1.807, 2.05) is 115 Å². The Morgan fingerprint density at radius 1 is 0.897 bits per heavy atom. The second kappa shape index (κ2) is 16.8. The van der Waals surface area contributed by atoms with E-state index in [1.54, 1.807) is 13.1 Å². The summed E-state index contributed by atoms with van der Waals surface area (Å²) in [6.45, 7) is -0.206. The van der Waals surface area contributed by atoms with Crippen LogP contribution in [0.25, 0.3) is 6.08 Å². The number of carbonyl (C=O) groups is 3. The van der Waals surface area contributed by atoms with E-state index in [4.69, 9.17) is 23.8 Å². The number of nitrogens with one attached hydrogen (secondary N) is 1. The largest absolute Gasteiger partial charge is 0.499 e. The molecule has 0 radical (unpaired) electrons. The summed E-state index contributed by atoms with van der Waals surface area (Å²) in [5.74, 6) is -3.01. The molecule has 4 aliphatic rings. The number of hydrogen-bond acceptors (Lipinski definition) is 11. The Kier molecular flexibility index (Phi) is 11.4. The summed E-state index contributed by atoms with van der Waals surface area (Å²) < 4.78 is 25.8. The third-order valence-corrected chi connectivity index (χ3v) is 11.6. The Bertz CT molecular complexity index is 2060. The van der Waals surface area contributed by atoms with Crippen molar-refractivity contribution in [3.05, 3.63) is 149 Å². The van der Waals surface area contributed by atoms with Crippen LogP contribution < -0.4 is 5.32 Å². The van der Waals surface area contributed by atoms with Gasteiger partial charge in [-0.2, -0.15) is 5.06 Å². The van der Waals surface area contributed by atoms with Crippen molar-refractivity contribution in [2.24, 2.45) is 5.41 Å². The Hall–Kier alpha value is -5.41. The summed E-state index contributed by atoms with van der Waals surface area (Å²) >= 11 is 0. The molecule has 0 aromatic heterocycles. The van der Waals surface area contributed by atoms with Crippen LogP contribution >= 0.6 is 0 Å². The molecule has 3 heterocycles. The summed E-state index contributed by atoms with van der Waals surface area (Å²) in [5, 5.41) is 23.1. The number of ether oxygens (including phenoxy) is 4. The molecule has 2 amide bonds. The van der Waals surface area contributed by atoms with Crippen LogP contribution in [0.3, 0.4) is 0 Å². The number of rotatable bonds is 15. The maximum Gasteiger partial charge on any atom is 0.327 e. The fraction of sp³-hybridized carbons (Fsp3) is 0.356. The van der Waals surface area contributed by atoms with E-state index in [-0.39, 0.29) is 45.8 Å². The van der Waals surface area contributed by atoms with E-state index in [2.05, 4.69) is 5.32 Å². The third-order valence-electron chi connectivity index (χ3n) is 11.6. The van der Waals surface area contributed by atoms with Gasteiger partial charge in [-0.15, -0.1) is 0 Å². The topological polar surface area (TPSA) is 156 Å². The predicted octanol–water partition coefficient (Wildman–Crippen LogP) is 3.33. The van der Waals surface area contributed by atoms with Gasteiger partial charge in [0.2, 0.25) is 17.6 Å². The number of aliphatic hydroxyl groups excluding tert-OH is 2. The molecule has 1 saturated carbocycles. The van der Waals surface area contributed by atoms with Crippen LogP contribution in [-0.4, -0.2) is 108 Å². The predicted molar refractivity (Wildman–Crippen MR) is 210 cm³/mol. The lowest BCUT2D eigenvalue weighted by Gasteiger charge is -2.50. The molecular formula is C45H47N3O10. The zero-order valence-electron chi connectivity index (χ0n) is 32.1. The Morgan fingerprint density at radius 2 is 1.53 bits per heavy atom. The quantitative estimate of drug-likeness (QED) is 0.0923. The second-order valence-electron chi connectivity index (χ2n) is 15.0. The maximum absolute atomic E-state index is 15.6. The third kappa shape index (κ3) is 7.08. The van der Waals surface area contributed by atoms with Crippen molar-refractivity contribution in [2.45, 2.75) is 61.7 Å². The van der Waals surface area contributed by atoms with Crippen molar-refractivity contribution in [3.8, 4) is 0 Å². The molecular weight excluding hydrogens is 743 g/mol. The van der Waals surface area contributed by atoms with E-state index >= 15 is 4.79 Å². The molecule has 3 N–H and O–H groups in total. The number of amides is 2. The molecule has 0 unspecified atom stereocenters. The number of hydroxylamine groups is 2. The van der Waals surface area contributed by atoms with E-state index in [0.717, 1.165) is 16.7 Å². The lowest BCUT2D eigenvalue weighted by Crippen LogP contribution is -2.70. The average Bonchev–Trinajstić information content (AvgIpc) is 3.84. The fourth-order valence-corrected chi connectivity index (χ4v) is 8.93. The molecule has 4 aromatic rings. The fourth-order valence-electron chi connectivity index (χ4n) is 8.93.